The molecule has 1 heterocycles. The molecular weight excluding hydrogens is 644 g/mol. The van der Waals surface area contributed by atoms with E-state index in [0.717, 1.165) is 23.1 Å². The van der Waals surface area contributed by atoms with Gasteiger partial charge in [0.1, 0.15) is 54.9 Å². The molecule has 264 valence electrons. The van der Waals surface area contributed by atoms with Crippen LogP contribution in [0.1, 0.15) is 89.6 Å². The normalized spacial score (nSPS) is 15.1. The molecule has 8 nitrogen and oxygen atoms in total. The summed E-state index contributed by atoms with van der Waals surface area (Å²) in [6, 6.07) is 38.1. The average Bonchev–Trinajstić information content (AvgIpc) is 3.15. The minimum atomic E-state index is -1.33. The molecule has 6 rings (SSSR count). The van der Waals surface area contributed by atoms with E-state index in [1.165, 1.54) is 0 Å². The van der Waals surface area contributed by atoms with Gasteiger partial charge in [0.2, 0.25) is 0 Å². The maximum Gasteiger partial charge on any atom is 0.338 e. The fourth-order valence-corrected chi connectivity index (χ4v) is 5.89. The lowest BCUT2D eigenvalue weighted by Gasteiger charge is -2.29. The van der Waals surface area contributed by atoms with E-state index in [1.54, 1.807) is 12.1 Å². The zero-order valence-corrected chi connectivity index (χ0v) is 29.2. The van der Waals surface area contributed by atoms with Crippen molar-refractivity contribution in [2.45, 2.75) is 71.2 Å². The lowest BCUT2D eigenvalue weighted by molar-refractivity contribution is -0.348. The molecule has 8 heteroatoms. The summed E-state index contributed by atoms with van der Waals surface area (Å²) >= 11 is 0. The van der Waals surface area contributed by atoms with Crippen molar-refractivity contribution < 1.29 is 38.6 Å². The second kappa shape index (κ2) is 16.7. The fourth-order valence-electron chi connectivity index (χ4n) is 5.89. The van der Waals surface area contributed by atoms with Gasteiger partial charge in [-0.3, -0.25) is 0 Å². The standard InChI is InChI=1S/C43H44O8/c1-43(2,3)50-42(45)33-25-37(47-28-31-17-9-5-10-18-31)40(38(26-33)48-29-32-19-11-6-12-20-32)41(44)39-34(35-23-14-24-49-51-35)21-13-22-36(39)46-27-30-15-7-4-8-16-30/h4-13,15-22,25-26,35,41,44H,14,23-24,27-29H2,1-3H3. The monoisotopic (exact) mass is 688 g/mol. The Balaban J connectivity index is 1.49. The predicted octanol–water partition coefficient (Wildman–Crippen LogP) is 9.24. The highest BCUT2D eigenvalue weighted by Gasteiger charge is 2.32. The van der Waals surface area contributed by atoms with E-state index < -0.39 is 23.8 Å². The van der Waals surface area contributed by atoms with Gasteiger partial charge in [0, 0.05) is 5.56 Å². The number of hydrogen-bond donors (Lipinski definition) is 1. The Hall–Kier alpha value is -5.15. The van der Waals surface area contributed by atoms with Crippen LogP contribution >= 0.6 is 0 Å². The first-order chi connectivity index (χ1) is 24.7. The Bertz CT molecular complexity index is 1800. The van der Waals surface area contributed by atoms with E-state index in [-0.39, 0.29) is 36.9 Å². The highest BCUT2D eigenvalue weighted by atomic mass is 17.2. The summed E-state index contributed by atoms with van der Waals surface area (Å²) in [6.45, 7) is 6.55. The molecule has 0 radical (unpaired) electrons. The molecule has 1 N–H and O–H groups in total. The molecule has 5 aromatic carbocycles. The molecule has 1 saturated heterocycles. The second-order valence-electron chi connectivity index (χ2n) is 13.4. The number of esters is 1. The number of benzene rings is 5. The summed E-state index contributed by atoms with van der Waals surface area (Å²) in [5.41, 5.74) is 3.82. The lowest BCUT2D eigenvalue weighted by Crippen LogP contribution is -2.24. The van der Waals surface area contributed by atoms with Crippen LogP contribution in [-0.4, -0.2) is 23.3 Å². The van der Waals surface area contributed by atoms with Gasteiger partial charge in [-0.2, -0.15) is 0 Å². The third-order valence-electron chi connectivity index (χ3n) is 8.32. The van der Waals surface area contributed by atoms with Gasteiger partial charge < -0.3 is 24.1 Å². The second-order valence-corrected chi connectivity index (χ2v) is 13.4. The molecule has 0 bridgehead atoms. The maximum absolute atomic E-state index is 13.6. The molecule has 5 aromatic rings. The SMILES string of the molecule is CC(C)(C)OC(=O)c1cc(OCc2ccccc2)c(C(O)c2c(OCc3ccccc3)cccc2C2CCCOO2)c(OCc2ccccc2)c1. The molecule has 0 aliphatic carbocycles. The third kappa shape index (κ3) is 9.55. The Morgan fingerprint density at radius 1 is 0.706 bits per heavy atom. The van der Waals surface area contributed by atoms with E-state index in [9.17, 15) is 9.90 Å². The summed E-state index contributed by atoms with van der Waals surface area (Å²) in [5, 5.41) is 12.7. The van der Waals surface area contributed by atoms with E-state index in [2.05, 4.69) is 0 Å². The Kier molecular flexibility index (Phi) is 11.7. The van der Waals surface area contributed by atoms with E-state index in [4.69, 9.17) is 28.7 Å². The van der Waals surface area contributed by atoms with Crippen LogP contribution < -0.4 is 14.2 Å². The van der Waals surface area contributed by atoms with Crippen molar-refractivity contribution in [3.8, 4) is 17.2 Å². The molecule has 0 saturated carbocycles. The average molecular weight is 689 g/mol. The predicted molar refractivity (Wildman–Crippen MR) is 193 cm³/mol. The summed E-state index contributed by atoms with van der Waals surface area (Å²) in [7, 11) is 0. The third-order valence-corrected chi connectivity index (χ3v) is 8.32. The molecule has 0 aromatic heterocycles. The van der Waals surface area contributed by atoms with Crippen LogP contribution in [0.3, 0.4) is 0 Å². The summed E-state index contributed by atoms with van der Waals surface area (Å²) in [4.78, 5) is 24.8. The topological polar surface area (TPSA) is 92.7 Å². The largest absolute Gasteiger partial charge is 0.488 e. The highest BCUT2D eigenvalue weighted by Crippen LogP contribution is 2.46. The highest BCUT2D eigenvalue weighted by molar-refractivity contribution is 5.91. The number of aliphatic hydroxyl groups excluding tert-OH is 1. The number of rotatable bonds is 13. The van der Waals surface area contributed by atoms with Crippen molar-refractivity contribution in [1.29, 1.82) is 0 Å². The first-order valence-electron chi connectivity index (χ1n) is 17.3. The van der Waals surface area contributed by atoms with Gasteiger partial charge in [0.05, 0.1) is 17.7 Å². The van der Waals surface area contributed by atoms with Crippen molar-refractivity contribution >= 4 is 5.97 Å². The van der Waals surface area contributed by atoms with E-state index >= 15 is 0 Å². The Morgan fingerprint density at radius 3 is 1.69 bits per heavy atom. The van der Waals surface area contributed by atoms with Crippen molar-refractivity contribution in [2.75, 3.05) is 6.61 Å². The summed E-state index contributed by atoms with van der Waals surface area (Å²) in [6.07, 6.45) is -0.306. The van der Waals surface area contributed by atoms with E-state index in [1.807, 2.05) is 130 Å². The van der Waals surface area contributed by atoms with Crippen LogP contribution in [-0.2, 0) is 34.3 Å². The number of aliphatic hydroxyl groups is 1. The number of carbonyl (C=O) groups is 1. The van der Waals surface area contributed by atoms with Crippen LogP contribution in [0.2, 0.25) is 0 Å². The zero-order valence-electron chi connectivity index (χ0n) is 29.2. The number of hydrogen-bond acceptors (Lipinski definition) is 8. The molecular formula is C43H44O8. The smallest absolute Gasteiger partial charge is 0.338 e. The van der Waals surface area contributed by atoms with Gasteiger partial charge in [0.25, 0.3) is 0 Å². The quantitative estimate of drug-likeness (QED) is 0.0967. The Morgan fingerprint density at radius 2 is 1.22 bits per heavy atom. The van der Waals surface area contributed by atoms with E-state index in [0.29, 0.717) is 35.5 Å². The first kappa shape index (κ1) is 35.7. The Labute approximate surface area is 299 Å². The minimum absolute atomic E-state index is 0.176. The fraction of sp³-hybridized carbons (Fsp3) is 0.279. The molecule has 0 amide bonds. The molecule has 51 heavy (non-hydrogen) atoms. The molecule has 1 aliphatic heterocycles. The van der Waals surface area contributed by atoms with Crippen molar-refractivity contribution in [2.24, 2.45) is 0 Å². The minimum Gasteiger partial charge on any atom is -0.488 e. The van der Waals surface area contributed by atoms with Crippen molar-refractivity contribution in [3.63, 3.8) is 0 Å². The van der Waals surface area contributed by atoms with Gasteiger partial charge in [-0.05, 0) is 74.1 Å². The van der Waals surface area contributed by atoms with Gasteiger partial charge in [-0.1, -0.05) is 103 Å². The van der Waals surface area contributed by atoms with Crippen LogP contribution in [0.4, 0.5) is 0 Å². The molecule has 2 atom stereocenters. The van der Waals surface area contributed by atoms with Gasteiger partial charge in [-0.15, -0.1) is 0 Å². The number of ether oxygens (including phenoxy) is 4. The molecule has 2 unspecified atom stereocenters. The van der Waals surface area contributed by atoms with Gasteiger partial charge in [0.15, 0.2) is 0 Å². The molecule has 0 spiro atoms. The molecule has 1 aliphatic rings. The summed E-state index contributed by atoms with van der Waals surface area (Å²) < 4.78 is 25.2. The van der Waals surface area contributed by atoms with Crippen LogP contribution in [0.5, 0.6) is 17.2 Å². The van der Waals surface area contributed by atoms with Gasteiger partial charge in [-0.25, -0.2) is 14.6 Å². The zero-order chi connectivity index (χ0) is 35.6. The van der Waals surface area contributed by atoms with Crippen LogP contribution in [0.25, 0.3) is 0 Å². The van der Waals surface area contributed by atoms with Crippen LogP contribution in [0, 0.1) is 0 Å². The number of carbonyl (C=O) groups excluding carboxylic acids is 1. The lowest BCUT2D eigenvalue weighted by atomic mass is 9.90. The van der Waals surface area contributed by atoms with Gasteiger partial charge >= 0.3 is 5.97 Å². The maximum atomic E-state index is 13.6. The summed E-state index contributed by atoms with van der Waals surface area (Å²) in [5.74, 6) is 0.458. The van der Waals surface area contributed by atoms with Crippen LogP contribution in [0.15, 0.2) is 121 Å². The first-order valence-corrected chi connectivity index (χ1v) is 17.3. The van der Waals surface area contributed by atoms with Crippen molar-refractivity contribution in [1.82, 2.24) is 0 Å². The van der Waals surface area contributed by atoms with Crippen molar-refractivity contribution in [3.05, 3.63) is 160 Å². The molecule has 1 fully saturated rings.